The number of urea groups is 1. The highest BCUT2D eigenvalue weighted by atomic mass is 16.5. The summed E-state index contributed by atoms with van der Waals surface area (Å²) in [6.07, 6.45) is 0.534. The van der Waals surface area contributed by atoms with Gasteiger partial charge in [0.1, 0.15) is 0 Å². The Bertz CT molecular complexity index is 459. The topological polar surface area (TPSA) is 72.6 Å². The number of esters is 1. The highest BCUT2D eigenvalue weighted by Gasteiger charge is 2.32. The Hall–Kier alpha value is -2.04. The van der Waals surface area contributed by atoms with Crippen molar-refractivity contribution in [3.8, 4) is 0 Å². The first kappa shape index (κ1) is 11.4. The second-order valence-corrected chi connectivity index (χ2v) is 3.91. The number of carbonyl (C=O) groups is 2. The van der Waals surface area contributed by atoms with Crippen LogP contribution in [0.15, 0.2) is 24.3 Å². The number of methoxy groups -OCH3 is 1. The van der Waals surface area contributed by atoms with Gasteiger partial charge in [-0.3, -0.25) is 9.69 Å². The standard InChI is InChI=1S/C12H14N2O3/c1-17-11(15)9-6-7-14(12(13)16)10-5-3-2-4-8(9)10/h2-5,9H,6-7H2,1H3,(H2,13,16). The van der Waals surface area contributed by atoms with E-state index in [9.17, 15) is 9.59 Å². The van der Waals surface area contributed by atoms with E-state index in [1.807, 2.05) is 18.2 Å². The number of carbonyl (C=O) groups excluding carboxylic acids is 2. The molecule has 0 spiro atoms. The van der Waals surface area contributed by atoms with Gasteiger partial charge in [0.2, 0.25) is 0 Å². The molecule has 0 aromatic heterocycles. The zero-order valence-corrected chi connectivity index (χ0v) is 9.55. The van der Waals surface area contributed by atoms with Crippen molar-refractivity contribution in [2.75, 3.05) is 18.6 Å². The average molecular weight is 234 g/mol. The van der Waals surface area contributed by atoms with E-state index in [0.717, 1.165) is 5.56 Å². The molecule has 0 bridgehead atoms. The summed E-state index contributed by atoms with van der Waals surface area (Å²) in [5.41, 5.74) is 6.80. The molecule has 5 heteroatoms. The summed E-state index contributed by atoms with van der Waals surface area (Å²) >= 11 is 0. The summed E-state index contributed by atoms with van der Waals surface area (Å²) in [5.74, 6) is -0.589. The van der Waals surface area contributed by atoms with E-state index in [1.165, 1.54) is 12.0 Å². The Morgan fingerprint density at radius 2 is 2.12 bits per heavy atom. The number of rotatable bonds is 1. The minimum absolute atomic E-state index is 0.276. The van der Waals surface area contributed by atoms with Gasteiger partial charge >= 0.3 is 12.0 Å². The third kappa shape index (κ3) is 1.95. The third-order valence-electron chi connectivity index (χ3n) is 3.00. The largest absolute Gasteiger partial charge is 0.469 e. The van der Waals surface area contributed by atoms with Crippen LogP contribution in [0.2, 0.25) is 0 Å². The molecule has 2 rings (SSSR count). The van der Waals surface area contributed by atoms with E-state index in [4.69, 9.17) is 10.5 Å². The molecular formula is C12H14N2O3. The van der Waals surface area contributed by atoms with Gasteiger partial charge < -0.3 is 10.5 Å². The van der Waals surface area contributed by atoms with Crippen molar-refractivity contribution in [3.63, 3.8) is 0 Å². The van der Waals surface area contributed by atoms with Crippen molar-refractivity contribution in [3.05, 3.63) is 29.8 Å². The molecule has 0 saturated carbocycles. The molecule has 1 aromatic rings. The number of nitrogens with two attached hydrogens (primary N) is 1. The van der Waals surface area contributed by atoms with Crippen molar-refractivity contribution in [1.82, 2.24) is 0 Å². The van der Waals surface area contributed by atoms with Crippen molar-refractivity contribution in [2.24, 2.45) is 5.73 Å². The molecule has 1 aliphatic heterocycles. The summed E-state index contributed by atoms with van der Waals surface area (Å²) < 4.78 is 4.77. The Balaban J connectivity index is 2.43. The minimum atomic E-state index is -0.499. The van der Waals surface area contributed by atoms with E-state index in [1.54, 1.807) is 6.07 Å². The van der Waals surface area contributed by atoms with Crippen LogP contribution in [0.4, 0.5) is 10.5 Å². The van der Waals surface area contributed by atoms with Crippen LogP contribution >= 0.6 is 0 Å². The monoisotopic (exact) mass is 234 g/mol. The number of nitrogens with zero attached hydrogens (tertiary/aromatic N) is 1. The number of anilines is 1. The minimum Gasteiger partial charge on any atom is -0.469 e. The second kappa shape index (κ2) is 4.45. The molecule has 0 aliphatic carbocycles. The predicted molar refractivity (Wildman–Crippen MR) is 62.7 cm³/mol. The maximum absolute atomic E-state index is 11.6. The van der Waals surface area contributed by atoms with Crippen LogP contribution in [-0.2, 0) is 9.53 Å². The molecule has 90 valence electrons. The smallest absolute Gasteiger partial charge is 0.319 e. The lowest BCUT2D eigenvalue weighted by atomic mass is 9.90. The van der Waals surface area contributed by atoms with E-state index >= 15 is 0 Å². The molecule has 1 aromatic carbocycles. The molecular weight excluding hydrogens is 220 g/mol. The highest BCUT2D eigenvalue weighted by molar-refractivity contribution is 5.94. The lowest BCUT2D eigenvalue weighted by Gasteiger charge is -2.31. The average Bonchev–Trinajstić information content (AvgIpc) is 2.36. The first-order valence-corrected chi connectivity index (χ1v) is 5.39. The summed E-state index contributed by atoms with van der Waals surface area (Å²) in [7, 11) is 1.37. The summed E-state index contributed by atoms with van der Waals surface area (Å²) in [5, 5.41) is 0. The molecule has 1 unspecified atom stereocenters. The zero-order valence-electron chi connectivity index (χ0n) is 9.55. The first-order valence-electron chi connectivity index (χ1n) is 5.39. The number of ether oxygens (including phenoxy) is 1. The van der Waals surface area contributed by atoms with E-state index in [0.29, 0.717) is 18.7 Å². The molecule has 0 radical (unpaired) electrons. The van der Waals surface area contributed by atoms with Crippen LogP contribution < -0.4 is 10.6 Å². The van der Waals surface area contributed by atoms with E-state index < -0.39 is 6.03 Å². The van der Waals surface area contributed by atoms with Crippen molar-refractivity contribution >= 4 is 17.7 Å². The van der Waals surface area contributed by atoms with Gasteiger partial charge in [-0.2, -0.15) is 0 Å². The molecule has 1 atom stereocenters. The molecule has 0 fully saturated rings. The van der Waals surface area contributed by atoms with Crippen LogP contribution in [0.3, 0.4) is 0 Å². The van der Waals surface area contributed by atoms with Gasteiger partial charge in [-0.25, -0.2) is 4.79 Å². The Labute approximate surface area is 99.2 Å². The lowest BCUT2D eigenvalue weighted by Crippen LogP contribution is -2.41. The van der Waals surface area contributed by atoms with Gasteiger partial charge in [0, 0.05) is 12.2 Å². The summed E-state index contributed by atoms with van der Waals surface area (Å²) in [6.45, 7) is 0.437. The van der Waals surface area contributed by atoms with Crippen LogP contribution in [0, 0.1) is 0 Å². The van der Waals surface area contributed by atoms with E-state index in [2.05, 4.69) is 0 Å². The Morgan fingerprint density at radius 1 is 1.41 bits per heavy atom. The molecule has 2 amide bonds. The fourth-order valence-corrected chi connectivity index (χ4v) is 2.18. The fraction of sp³-hybridized carbons (Fsp3) is 0.333. The predicted octanol–water partition coefficient (Wildman–Crippen LogP) is 1.23. The van der Waals surface area contributed by atoms with Crippen LogP contribution in [-0.4, -0.2) is 25.7 Å². The molecule has 2 N–H and O–H groups in total. The second-order valence-electron chi connectivity index (χ2n) is 3.91. The van der Waals surface area contributed by atoms with Crippen molar-refractivity contribution in [2.45, 2.75) is 12.3 Å². The van der Waals surface area contributed by atoms with Gasteiger partial charge in [-0.1, -0.05) is 18.2 Å². The molecule has 17 heavy (non-hydrogen) atoms. The van der Waals surface area contributed by atoms with Crippen LogP contribution in [0.5, 0.6) is 0 Å². The Morgan fingerprint density at radius 3 is 2.76 bits per heavy atom. The first-order chi connectivity index (χ1) is 8.15. The maximum Gasteiger partial charge on any atom is 0.319 e. The Kier molecular flexibility index (Phi) is 2.99. The van der Waals surface area contributed by atoms with Crippen LogP contribution in [0.25, 0.3) is 0 Å². The number of fused-ring (bicyclic) bond motifs is 1. The molecule has 0 saturated heterocycles. The molecule has 1 aliphatic rings. The van der Waals surface area contributed by atoms with E-state index in [-0.39, 0.29) is 11.9 Å². The van der Waals surface area contributed by atoms with Crippen LogP contribution in [0.1, 0.15) is 17.9 Å². The normalized spacial score (nSPS) is 18.4. The van der Waals surface area contributed by atoms with Crippen molar-refractivity contribution in [1.29, 1.82) is 0 Å². The lowest BCUT2D eigenvalue weighted by molar-refractivity contribution is -0.142. The number of primary amides is 1. The number of hydrogen-bond donors (Lipinski definition) is 1. The molecule has 1 heterocycles. The fourth-order valence-electron chi connectivity index (χ4n) is 2.18. The SMILES string of the molecule is COC(=O)C1CCN(C(N)=O)c2ccccc21. The summed E-state index contributed by atoms with van der Waals surface area (Å²) in [6, 6.07) is 6.76. The maximum atomic E-state index is 11.6. The van der Waals surface area contributed by atoms with Gasteiger partial charge in [0.05, 0.1) is 13.0 Å². The van der Waals surface area contributed by atoms with Crippen molar-refractivity contribution < 1.29 is 14.3 Å². The highest BCUT2D eigenvalue weighted by Crippen LogP contribution is 2.35. The number of hydrogen-bond acceptors (Lipinski definition) is 3. The van der Waals surface area contributed by atoms with Gasteiger partial charge in [-0.05, 0) is 18.1 Å². The summed E-state index contributed by atoms with van der Waals surface area (Å²) in [4.78, 5) is 24.4. The quantitative estimate of drug-likeness (QED) is 0.743. The third-order valence-corrected chi connectivity index (χ3v) is 3.00. The van der Waals surface area contributed by atoms with Gasteiger partial charge in [-0.15, -0.1) is 0 Å². The number of para-hydroxylation sites is 1. The molecule has 5 nitrogen and oxygen atoms in total. The zero-order chi connectivity index (χ0) is 12.4. The van der Waals surface area contributed by atoms with Gasteiger partial charge in [0.25, 0.3) is 0 Å². The number of benzene rings is 1. The number of amides is 2. The van der Waals surface area contributed by atoms with Gasteiger partial charge in [0.15, 0.2) is 0 Å².